The van der Waals surface area contributed by atoms with Crippen molar-refractivity contribution in [1.82, 2.24) is 0 Å². The molecule has 0 aliphatic rings. The van der Waals surface area contributed by atoms with Crippen molar-refractivity contribution in [2.45, 2.75) is 18.5 Å². The van der Waals surface area contributed by atoms with E-state index in [0.29, 0.717) is 0 Å². The second-order valence-corrected chi connectivity index (χ2v) is 2.99. The van der Waals surface area contributed by atoms with Crippen molar-refractivity contribution in [1.29, 1.82) is 0 Å². The van der Waals surface area contributed by atoms with Gasteiger partial charge in [-0.2, -0.15) is 39.5 Å². The molecule has 0 radical (unpaired) electrons. The van der Waals surface area contributed by atoms with Crippen molar-refractivity contribution in [2.24, 2.45) is 0 Å². The molecule has 0 aromatic carbocycles. The highest BCUT2D eigenvalue weighted by Gasteiger charge is 2.40. The van der Waals surface area contributed by atoms with Crippen LogP contribution in [-0.4, -0.2) is 53.3 Å². The molecule has 15 heteroatoms. The van der Waals surface area contributed by atoms with E-state index < -0.39 is 43.0 Å². The molecule has 142 valence electrons. The van der Waals surface area contributed by atoms with Crippen LogP contribution in [0.1, 0.15) is 0 Å². The van der Waals surface area contributed by atoms with Gasteiger partial charge in [-0.3, -0.25) is 0 Å². The second-order valence-electron chi connectivity index (χ2n) is 2.99. The third-order valence-corrected chi connectivity index (χ3v) is 1.05. The molecule has 0 saturated heterocycles. The predicted molar refractivity (Wildman–Crippen MR) is 54.6 cm³/mol. The highest BCUT2D eigenvalue weighted by Crippen LogP contribution is 2.16. The quantitative estimate of drug-likeness (QED) is 0.433. The number of ether oxygens (including phenoxy) is 1. The van der Waals surface area contributed by atoms with Crippen LogP contribution in [0, 0.1) is 0 Å². The zero-order chi connectivity index (χ0) is 20.4. The summed E-state index contributed by atoms with van der Waals surface area (Å²) in [5.41, 5.74) is 0. The van der Waals surface area contributed by atoms with E-state index in [1.165, 1.54) is 0 Å². The number of hydrogen-bond acceptors (Lipinski definition) is 4. The Morgan fingerprint density at radius 1 is 0.792 bits per heavy atom. The van der Waals surface area contributed by atoms with Gasteiger partial charge in [-0.15, -0.1) is 0 Å². The molecule has 24 heavy (non-hydrogen) atoms. The zero-order valence-corrected chi connectivity index (χ0v) is 10.9. The summed E-state index contributed by atoms with van der Waals surface area (Å²) in [7, 11) is 0. The third kappa shape index (κ3) is 17.6. The molecule has 0 bridgehead atoms. The van der Waals surface area contributed by atoms with Crippen LogP contribution < -0.4 is 0 Å². The van der Waals surface area contributed by atoms with E-state index in [9.17, 15) is 44.3 Å². The molecule has 2 N–H and O–H groups in total. The van der Waals surface area contributed by atoms with Gasteiger partial charge in [0.15, 0.2) is 0 Å². The Kier molecular flexibility index (Phi) is 11.4. The second kappa shape index (κ2) is 10.3. The van der Waals surface area contributed by atoms with E-state index in [-0.39, 0.29) is 0 Å². The molecular formula is C9H7F9O6. The third-order valence-electron chi connectivity index (χ3n) is 1.05. The lowest BCUT2D eigenvalue weighted by Crippen LogP contribution is -2.25. The molecule has 0 saturated carbocycles. The number of esters is 1. The van der Waals surface area contributed by atoms with Crippen LogP contribution in [0.3, 0.4) is 0 Å². The smallest absolute Gasteiger partial charge is 0.475 e. The molecule has 0 aromatic rings. The van der Waals surface area contributed by atoms with Gasteiger partial charge in [0.05, 0.1) is 0 Å². The van der Waals surface area contributed by atoms with E-state index in [4.69, 9.17) is 19.8 Å². The molecule has 0 aromatic heterocycles. The number of carboxylic acid groups (broad SMARTS) is 2. The first-order valence-corrected chi connectivity index (χ1v) is 4.82. The van der Waals surface area contributed by atoms with E-state index in [0.717, 1.165) is 6.08 Å². The van der Waals surface area contributed by atoms with Crippen molar-refractivity contribution in [3.05, 3.63) is 12.7 Å². The van der Waals surface area contributed by atoms with Crippen molar-refractivity contribution in [3.8, 4) is 0 Å². The van der Waals surface area contributed by atoms with Gasteiger partial charge in [-0.05, 0) is 0 Å². The Labute approximate surface area is 126 Å². The number of alkyl halides is 9. The van der Waals surface area contributed by atoms with Gasteiger partial charge in [0, 0.05) is 0 Å². The van der Waals surface area contributed by atoms with E-state index >= 15 is 0 Å². The monoisotopic (exact) mass is 382 g/mol. The summed E-state index contributed by atoms with van der Waals surface area (Å²) in [6.45, 7) is 2.65. The summed E-state index contributed by atoms with van der Waals surface area (Å²) < 4.78 is 101. The van der Waals surface area contributed by atoms with E-state index in [1.54, 1.807) is 0 Å². The Balaban J connectivity index is -0.000000283. The maximum Gasteiger partial charge on any atom is 0.490 e. The molecular weight excluding hydrogens is 375 g/mol. The number of carbonyl (C=O) groups excluding carboxylic acids is 1. The Hall–Kier alpha value is -2.48. The fourth-order valence-corrected chi connectivity index (χ4v) is 0.216. The molecule has 0 amide bonds. The molecule has 0 heterocycles. The zero-order valence-electron chi connectivity index (χ0n) is 10.9. The van der Waals surface area contributed by atoms with Gasteiger partial charge in [0.25, 0.3) is 0 Å². The number of rotatable bonds is 2. The van der Waals surface area contributed by atoms with Crippen molar-refractivity contribution >= 4 is 17.9 Å². The molecule has 0 aliphatic carbocycles. The first-order chi connectivity index (χ1) is 10.4. The maximum absolute atomic E-state index is 11.3. The SMILES string of the molecule is C=CCOC(=O)C(F)(F)F.O=C(O)C(F)(F)F.O=C(O)C(F)(F)F. The molecule has 0 rings (SSSR count). The van der Waals surface area contributed by atoms with E-state index in [1.807, 2.05) is 0 Å². The van der Waals surface area contributed by atoms with Crippen LogP contribution in [-0.2, 0) is 19.1 Å². The van der Waals surface area contributed by atoms with Crippen molar-refractivity contribution in [3.63, 3.8) is 0 Å². The lowest BCUT2D eigenvalue weighted by molar-refractivity contribution is -0.198. The lowest BCUT2D eigenvalue weighted by atomic mass is 10.6. The molecule has 6 nitrogen and oxygen atoms in total. The number of carboxylic acids is 2. The highest BCUT2D eigenvalue weighted by atomic mass is 19.4. The lowest BCUT2D eigenvalue weighted by Gasteiger charge is -2.03. The molecule has 0 aliphatic heterocycles. The number of carbonyl (C=O) groups is 3. The minimum Gasteiger partial charge on any atom is -0.475 e. The van der Waals surface area contributed by atoms with Crippen LogP contribution >= 0.6 is 0 Å². The number of hydrogen-bond donors (Lipinski definition) is 2. The van der Waals surface area contributed by atoms with Gasteiger partial charge >= 0.3 is 36.4 Å². The van der Waals surface area contributed by atoms with Crippen LogP contribution in [0.4, 0.5) is 39.5 Å². The van der Waals surface area contributed by atoms with Crippen molar-refractivity contribution in [2.75, 3.05) is 6.61 Å². The van der Waals surface area contributed by atoms with Gasteiger partial charge in [0.2, 0.25) is 0 Å². The highest BCUT2D eigenvalue weighted by molar-refractivity contribution is 5.75. The van der Waals surface area contributed by atoms with Crippen LogP contribution in [0.25, 0.3) is 0 Å². The average Bonchev–Trinajstić information content (AvgIpc) is 2.33. The van der Waals surface area contributed by atoms with Crippen molar-refractivity contribution < 1.29 is 68.8 Å². The Bertz CT molecular complexity index is 410. The normalized spacial score (nSPS) is 11.0. The fourth-order valence-electron chi connectivity index (χ4n) is 0.216. The number of aliphatic carboxylic acids is 2. The molecule has 0 atom stereocenters. The van der Waals surface area contributed by atoms with Gasteiger partial charge in [-0.1, -0.05) is 12.7 Å². The minimum absolute atomic E-state index is 0.418. The molecule has 0 unspecified atom stereocenters. The van der Waals surface area contributed by atoms with Gasteiger partial charge in [0.1, 0.15) is 6.61 Å². The summed E-state index contributed by atoms with van der Waals surface area (Å²) in [4.78, 5) is 27.6. The largest absolute Gasteiger partial charge is 0.490 e. The molecule has 0 fully saturated rings. The summed E-state index contributed by atoms with van der Waals surface area (Å²) in [6.07, 6.45) is -14.0. The summed E-state index contributed by atoms with van der Waals surface area (Å²) in [6, 6.07) is 0. The predicted octanol–water partition coefficient (Wildman–Crippen LogP) is 2.54. The Morgan fingerprint density at radius 3 is 1.17 bits per heavy atom. The fraction of sp³-hybridized carbons (Fsp3) is 0.444. The van der Waals surface area contributed by atoms with Crippen LogP contribution in [0.15, 0.2) is 12.7 Å². The van der Waals surface area contributed by atoms with Gasteiger partial charge < -0.3 is 14.9 Å². The number of halogens is 9. The molecule has 0 spiro atoms. The topological polar surface area (TPSA) is 101 Å². The summed E-state index contributed by atoms with van der Waals surface area (Å²) >= 11 is 0. The standard InChI is InChI=1S/C5H5F3O2.2C2HF3O2/c1-2-3-10-4(9)5(6,7)8;2*3-2(4,5)1(6)7/h2H,1,3H2;2*(H,6,7). The summed E-state index contributed by atoms with van der Waals surface area (Å²) in [5, 5.41) is 14.2. The first kappa shape index (κ1) is 26.4. The van der Waals surface area contributed by atoms with Crippen LogP contribution in [0.2, 0.25) is 0 Å². The van der Waals surface area contributed by atoms with E-state index in [2.05, 4.69) is 11.3 Å². The van der Waals surface area contributed by atoms with Crippen LogP contribution in [0.5, 0.6) is 0 Å². The summed E-state index contributed by atoms with van der Waals surface area (Å²) in [5.74, 6) is -7.70. The Morgan fingerprint density at radius 2 is 1.04 bits per heavy atom. The van der Waals surface area contributed by atoms with Gasteiger partial charge in [-0.25, -0.2) is 14.4 Å². The first-order valence-electron chi connectivity index (χ1n) is 4.82. The minimum atomic E-state index is -5.08. The maximum atomic E-state index is 11.3. The average molecular weight is 382 g/mol.